The second-order valence-corrected chi connectivity index (χ2v) is 8.55. The van der Waals surface area contributed by atoms with Gasteiger partial charge in [0.25, 0.3) is 0 Å². The molecule has 3 aliphatic heterocycles. The fourth-order valence-electron chi connectivity index (χ4n) is 4.24. The van der Waals surface area contributed by atoms with Crippen LogP contribution < -0.4 is 0 Å². The third kappa shape index (κ3) is 5.78. The van der Waals surface area contributed by atoms with Crippen LogP contribution in [0.4, 0.5) is 0 Å². The fraction of sp³-hybridized carbons (Fsp3) is 1.00. The summed E-state index contributed by atoms with van der Waals surface area (Å²) in [5.74, 6) is 0. The third-order valence-corrected chi connectivity index (χ3v) is 6.30. The van der Waals surface area contributed by atoms with Crippen molar-refractivity contribution in [2.24, 2.45) is 0 Å². The van der Waals surface area contributed by atoms with Crippen molar-refractivity contribution in [3.8, 4) is 0 Å². The zero-order valence-electron chi connectivity index (χ0n) is 18.7. The standard InChI is InChI=1S/C19H34O16/c1-30-17-13(28)10(25)15(6(3-21)32-17)35-19-14(29)11(26)16(7(4-22)33-19)34-18-12(27)9(24)8(23)5(2-20)31-18/h5-29H,2-4H2,1H3/t5?,6?,7?,8-,9-,10?,11+,12?,13?,14?,15+,16-,17-,18-,19-/m0/s1. The topological polar surface area (TPSA) is 258 Å². The molecule has 35 heavy (non-hydrogen) atoms. The van der Waals surface area contributed by atoms with E-state index in [1.54, 1.807) is 0 Å². The van der Waals surface area contributed by atoms with Crippen LogP contribution in [0.1, 0.15) is 0 Å². The normalized spacial score (nSPS) is 51.3. The van der Waals surface area contributed by atoms with Gasteiger partial charge in [-0.3, -0.25) is 0 Å². The van der Waals surface area contributed by atoms with E-state index in [1.807, 2.05) is 0 Å². The van der Waals surface area contributed by atoms with Crippen molar-refractivity contribution in [3.63, 3.8) is 0 Å². The average molecular weight is 518 g/mol. The quantitative estimate of drug-likeness (QED) is 0.143. The number of aliphatic hydroxyl groups excluding tert-OH is 10. The Morgan fingerprint density at radius 3 is 1.29 bits per heavy atom. The highest BCUT2D eigenvalue weighted by molar-refractivity contribution is 4.96. The van der Waals surface area contributed by atoms with Crippen LogP contribution in [0.15, 0.2) is 0 Å². The largest absolute Gasteiger partial charge is 0.394 e. The highest BCUT2D eigenvalue weighted by Crippen LogP contribution is 2.32. The van der Waals surface area contributed by atoms with Gasteiger partial charge in [0, 0.05) is 7.11 Å². The Morgan fingerprint density at radius 2 is 0.857 bits per heavy atom. The lowest BCUT2D eigenvalue weighted by Crippen LogP contribution is -2.66. The predicted octanol–water partition coefficient (Wildman–Crippen LogP) is -6.92. The van der Waals surface area contributed by atoms with Crippen LogP contribution in [0.3, 0.4) is 0 Å². The molecule has 16 nitrogen and oxygen atoms in total. The van der Waals surface area contributed by atoms with Crippen molar-refractivity contribution >= 4 is 0 Å². The lowest BCUT2D eigenvalue weighted by Gasteiger charge is -2.48. The molecule has 0 radical (unpaired) electrons. The minimum atomic E-state index is -1.88. The first kappa shape index (κ1) is 28.9. The molecule has 3 aliphatic rings. The summed E-state index contributed by atoms with van der Waals surface area (Å²) in [7, 11) is 1.21. The van der Waals surface area contributed by atoms with E-state index < -0.39 is 112 Å². The van der Waals surface area contributed by atoms with E-state index in [4.69, 9.17) is 28.4 Å². The summed E-state index contributed by atoms with van der Waals surface area (Å²) < 4.78 is 31.9. The monoisotopic (exact) mass is 518 g/mol. The Labute approximate surface area is 199 Å². The van der Waals surface area contributed by atoms with Crippen LogP contribution in [0.2, 0.25) is 0 Å². The summed E-state index contributed by atoms with van der Waals surface area (Å²) in [5, 5.41) is 100. The molecule has 3 rings (SSSR count). The van der Waals surface area contributed by atoms with E-state index in [2.05, 4.69) is 0 Å². The van der Waals surface area contributed by atoms with Gasteiger partial charge in [0.05, 0.1) is 19.8 Å². The molecule has 10 N–H and O–H groups in total. The number of aliphatic hydroxyl groups is 10. The number of methoxy groups -OCH3 is 1. The van der Waals surface area contributed by atoms with Crippen molar-refractivity contribution in [1.29, 1.82) is 0 Å². The predicted molar refractivity (Wildman–Crippen MR) is 106 cm³/mol. The Hall–Kier alpha value is -0.640. The van der Waals surface area contributed by atoms with Crippen molar-refractivity contribution in [3.05, 3.63) is 0 Å². The van der Waals surface area contributed by atoms with E-state index >= 15 is 0 Å². The van der Waals surface area contributed by atoms with Gasteiger partial charge in [0.1, 0.15) is 73.2 Å². The van der Waals surface area contributed by atoms with Gasteiger partial charge in [-0.15, -0.1) is 0 Å². The van der Waals surface area contributed by atoms with Crippen LogP contribution in [0, 0.1) is 0 Å². The van der Waals surface area contributed by atoms with E-state index in [0.717, 1.165) is 0 Å². The van der Waals surface area contributed by atoms with Gasteiger partial charge in [-0.1, -0.05) is 0 Å². The minimum Gasteiger partial charge on any atom is -0.394 e. The smallest absolute Gasteiger partial charge is 0.187 e. The first-order valence-electron chi connectivity index (χ1n) is 11.0. The van der Waals surface area contributed by atoms with Crippen LogP contribution in [0.5, 0.6) is 0 Å². The maximum atomic E-state index is 10.7. The molecule has 206 valence electrons. The highest BCUT2D eigenvalue weighted by Gasteiger charge is 2.53. The van der Waals surface area contributed by atoms with Crippen molar-refractivity contribution in [2.45, 2.75) is 92.1 Å². The SMILES string of the molecule is CO[C@H]1OC(CO)[C@@H](O[C@@H]2OC(CO)[C@H](O[C@@H]3OC(CO)[C@H](O)[C@H](O)C3O)[C@H](O)C2O)C(O)C1O. The zero-order chi connectivity index (χ0) is 26.0. The Kier molecular flexibility index (Phi) is 10.1. The molecular weight excluding hydrogens is 484 g/mol. The minimum absolute atomic E-state index is 0.675. The Morgan fingerprint density at radius 1 is 0.486 bits per heavy atom. The van der Waals surface area contributed by atoms with Crippen molar-refractivity contribution in [1.82, 2.24) is 0 Å². The summed E-state index contributed by atoms with van der Waals surface area (Å²) >= 11 is 0. The van der Waals surface area contributed by atoms with E-state index in [-0.39, 0.29) is 0 Å². The van der Waals surface area contributed by atoms with Crippen LogP contribution in [-0.4, -0.2) is 170 Å². The molecule has 3 heterocycles. The molecule has 0 aromatic carbocycles. The first-order valence-corrected chi connectivity index (χ1v) is 11.0. The van der Waals surface area contributed by atoms with Gasteiger partial charge < -0.3 is 79.5 Å². The number of hydrogen-bond acceptors (Lipinski definition) is 16. The summed E-state index contributed by atoms with van der Waals surface area (Å²) in [6.07, 6.45) is -23.8. The van der Waals surface area contributed by atoms with Crippen LogP contribution >= 0.6 is 0 Å². The molecule has 3 saturated heterocycles. The lowest BCUT2D eigenvalue weighted by molar-refractivity contribution is -0.378. The fourth-order valence-corrected chi connectivity index (χ4v) is 4.24. The second-order valence-electron chi connectivity index (χ2n) is 8.55. The summed E-state index contributed by atoms with van der Waals surface area (Å²) in [5.41, 5.74) is 0. The Balaban J connectivity index is 1.72. The molecule has 0 aromatic rings. The second kappa shape index (κ2) is 12.3. The molecule has 0 spiro atoms. The molecule has 16 heteroatoms. The van der Waals surface area contributed by atoms with Gasteiger partial charge >= 0.3 is 0 Å². The van der Waals surface area contributed by atoms with Crippen molar-refractivity contribution < 1.29 is 79.5 Å². The molecular formula is C19H34O16. The van der Waals surface area contributed by atoms with E-state index in [1.165, 1.54) is 7.11 Å². The van der Waals surface area contributed by atoms with E-state index in [9.17, 15) is 51.1 Å². The molecule has 3 fully saturated rings. The van der Waals surface area contributed by atoms with Gasteiger partial charge in [-0.2, -0.15) is 0 Å². The van der Waals surface area contributed by atoms with Gasteiger partial charge in [0.15, 0.2) is 18.9 Å². The summed E-state index contributed by atoms with van der Waals surface area (Å²) in [6.45, 7) is -2.21. The Bertz CT molecular complexity index is 650. The summed E-state index contributed by atoms with van der Waals surface area (Å²) in [6, 6.07) is 0. The number of rotatable bonds is 8. The average Bonchev–Trinajstić information content (AvgIpc) is 2.86. The lowest BCUT2D eigenvalue weighted by atomic mass is 9.96. The van der Waals surface area contributed by atoms with Crippen LogP contribution in [-0.2, 0) is 28.4 Å². The summed E-state index contributed by atoms with van der Waals surface area (Å²) in [4.78, 5) is 0. The van der Waals surface area contributed by atoms with Gasteiger partial charge in [-0.05, 0) is 0 Å². The van der Waals surface area contributed by atoms with Crippen molar-refractivity contribution in [2.75, 3.05) is 26.9 Å². The maximum absolute atomic E-state index is 10.7. The first-order chi connectivity index (χ1) is 16.6. The molecule has 0 aliphatic carbocycles. The van der Waals surface area contributed by atoms with E-state index in [0.29, 0.717) is 0 Å². The maximum Gasteiger partial charge on any atom is 0.187 e. The molecule has 7 unspecified atom stereocenters. The van der Waals surface area contributed by atoms with Crippen LogP contribution in [0.25, 0.3) is 0 Å². The number of hydrogen-bond donors (Lipinski definition) is 10. The molecule has 0 saturated carbocycles. The highest BCUT2D eigenvalue weighted by atomic mass is 16.8. The zero-order valence-corrected chi connectivity index (χ0v) is 18.7. The molecule has 0 bridgehead atoms. The molecule has 0 amide bonds. The number of ether oxygens (including phenoxy) is 6. The molecule has 15 atom stereocenters. The van der Waals surface area contributed by atoms with Gasteiger partial charge in [-0.25, -0.2) is 0 Å². The third-order valence-electron chi connectivity index (χ3n) is 6.30. The molecule has 0 aromatic heterocycles. The van der Waals surface area contributed by atoms with Gasteiger partial charge in [0.2, 0.25) is 0 Å².